The number of aliphatic hydroxyl groups is 1. The van der Waals surface area contributed by atoms with E-state index >= 15 is 0 Å². The molecule has 0 aromatic heterocycles. The van der Waals surface area contributed by atoms with E-state index in [9.17, 15) is 14.7 Å². The Morgan fingerprint density at radius 2 is 2.11 bits per heavy atom. The van der Waals surface area contributed by atoms with Crippen molar-refractivity contribution in [1.82, 2.24) is 5.32 Å². The molecule has 1 amide bonds. The van der Waals surface area contributed by atoms with Gasteiger partial charge in [-0.05, 0) is 12.0 Å². The lowest BCUT2D eigenvalue weighted by molar-refractivity contribution is -0.145. The van der Waals surface area contributed by atoms with Gasteiger partial charge in [0.05, 0.1) is 0 Å². The van der Waals surface area contributed by atoms with Crippen LogP contribution in [-0.2, 0) is 20.9 Å². The van der Waals surface area contributed by atoms with Gasteiger partial charge in [0.15, 0.2) is 0 Å². The molecule has 2 N–H and O–H groups in total. The van der Waals surface area contributed by atoms with Gasteiger partial charge in [-0.3, -0.25) is 9.59 Å². The first-order valence-electron chi connectivity index (χ1n) is 6.33. The van der Waals surface area contributed by atoms with Crippen molar-refractivity contribution >= 4 is 11.9 Å². The van der Waals surface area contributed by atoms with E-state index in [1.807, 2.05) is 30.3 Å². The Balaban J connectivity index is 1.67. The number of aliphatic hydroxyl groups excluding tert-OH is 1. The fourth-order valence-corrected chi connectivity index (χ4v) is 2.03. The first-order valence-corrected chi connectivity index (χ1v) is 6.33. The maximum absolute atomic E-state index is 11.5. The van der Waals surface area contributed by atoms with Crippen LogP contribution >= 0.6 is 0 Å². The van der Waals surface area contributed by atoms with Crippen molar-refractivity contribution in [3.8, 4) is 0 Å². The molecule has 1 saturated heterocycles. The number of hydrogen-bond donors (Lipinski definition) is 2. The van der Waals surface area contributed by atoms with Crippen LogP contribution in [0.1, 0.15) is 24.8 Å². The van der Waals surface area contributed by atoms with Crippen LogP contribution in [0, 0.1) is 0 Å². The van der Waals surface area contributed by atoms with Crippen LogP contribution < -0.4 is 5.32 Å². The van der Waals surface area contributed by atoms with E-state index in [1.54, 1.807) is 0 Å². The number of rotatable bonds is 5. The van der Waals surface area contributed by atoms with Crippen molar-refractivity contribution in [2.75, 3.05) is 0 Å². The zero-order valence-corrected chi connectivity index (χ0v) is 10.5. The van der Waals surface area contributed by atoms with Crippen LogP contribution in [0.3, 0.4) is 0 Å². The van der Waals surface area contributed by atoms with Crippen LogP contribution in [0.5, 0.6) is 0 Å². The largest absolute Gasteiger partial charge is 0.461 e. The molecule has 2 atom stereocenters. The van der Waals surface area contributed by atoms with Crippen molar-refractivity contribution in [1.29, 1.82) is 0 Å². The summed E-state index contributed by atoms with van der Waals surface area (Å²) >= 11 is 0. The topological polar surface area (TPSA) is 75.6 Å². The van der Waals surface area contributed by atoms with Crippen LogP contribution in [-0.4, -0.2) is 29.1 Å². The maximum atomic E-state index is 11.5. The molecule has 0 saturated carbocycles. The Labute approximate surface area is 111 Å². The molecule has 102 valence electrons. The normalized spacial score (nSPS) is 22.1. The quantitative estimate of drug-likeness (QED) is 0.769. The monoisotopic (exact) mass is 263 g/mol. The summed E-state index contributed by atoms with van der Waals surface area (Å²) in [5.74, 6) is -0.651. The molecule has 2 rings (SSSR count). The first-order chi connectivity index (χ1) is 9.15. The van der Waals surface area contributed by atoms with Gasteiger partial charge in [-0.1, -0.05) is 30.3 Å². The Hall–Kier alpha value is -1.88. The molecular formula is C14H17NO4. The highest BCUT2D eigenvalue weighted by Gasteiger charge is 2.30. The van der Waals surface area contributed by atoms with E-state index in [0.29, 0.717) is 12.8 Å². The minimum absolute atomic E-state index is 0.133. The average molecular weight is 263 g/mol. The fraction of sp³-hybridized carbons (Fsp3) is 0.429. The highest BCUT2D eigenvalue weighted by atomic mass is 16.5. The Kier molecular flexibility index (Phi) is 4.52. The van der Waals surface area contributed by atoms with E-state index in [0.717, 1.165) is 5.56 Å². The van der Waals surface area contributed by atoms with Crippen LogP contribution in [0.25, 0.3) is 0 Å². The molecule has 5 nitrogen and oxygen atoms in total. The van der Waals surface area contributed by atoms with Gasteiger partial charge in [0.2, 0.25) is 5.91 Å². The number of carbonyl (C=O) groups is 2. The molecule has 0 bridgehead atoms. The molecule has 0 aliphatic carbocycles. The van der Waals surface area contributed by atoms with Gasteiger partial charge >= 0.3 is 5.97 Å². The summed E-state index contributed by atoms with van der Waals surface area (Å²) in [7, 11) is 0. The number of ether oxygens (including phenoxy) is 1. The minimum Gasteiger partial charge on any atom is -0.461 e. The predicted molar refractivity (Wildman–Crippen MR) is 68.0 cm³/mol. The lowest BCUT2D eigenvalue weighted by Crippen LogP contribution is -2.27. The van der Waals surface area contributed by atoms with E-state index in [4.69, 9.17) is 4.74 Å². The summed E-state index contributed by atoms with van der Waals surface area (Å²) in [5.41, 5.74) is 0.945. The number of benzene rings is 1. The van der Waals surface area contributed by atoms with Crippen LogP contribution in [0.15, 0.2) is 30.3 Å². The van der Waals surface area contributed by atoms with Gasteiger partial charge in [0, 0.05) is 18.9 Å². The van der Waals surface area contributed by atoms with Gasteiger partial charge in [0.25, 0.3) is 0 Å². The molecule has 5 heteroatoms. The van der Waals surface area contributed by atoms with Crippen molar-refractivity contribution in [3.63, 3.8) is 0 Å². The van der Waals surface area contributed by atoms with Crippen LogP contribution in [0.4, 0.5) is 0 Å². The highest BCUT2D eigenvalue weighted by molar-refractivity contribution is 5.83. The van der Waals surface area contributed by atoms with Gasteiger partial charge in [-0.2, -0.15) is 0 Å². The van der Waals surface area contributed by atoms with Crippen molar-refractivity contribution in [3.05, 3.63) is 35.9 Å². The highest BCUT2D eigenvalue weighted by Crippen LogP contribution is 2.13. The second-order valence-corrected chi connectivity index (χ2v) is 4.64. The van der Waals surface area contributed by atoms with E-state index in [-0.39, 0.29) is 30.9 Å². The molecular weight excluding hydrogens is 246 g/mol. The molecule has 1 fully saturated rings. The number of amides is 1. The molecule has 19 heavy (non-hydrogen) atoms. The fourth-order valence-electron chi connectivity index (χ4n) is 2.03. The van der Waals surface area contributed by atoms with E-state index < -0.39 is 6.10 Å². The van der Waals surface area contributed by atoms with Crippen molar-refractivity contribution in [2.45, 2.75) is 38.0 Å². The Morgan fingerprint density at radius 3 is 2.74 bits per heavy atom. The van der Waals surface area contributed by atoms with Gasteiger partial charge in [-0.25, -0.2) is 0 Å². The first kappa shape index (κ1) is 13.5. The standard InChI is InChI=1S/C14H17NO4/c16-12-8-11(15-14(12)18)6-7-13(17)19-9-10-4-2-1-3-5-10/h1-5,11-12,16H,6-9H2,(H,15,18). The van der Waals surface area contributed by atoms with Crippen LogP contribution in [0.2, 0.25) is 0 Å². The SMILES string of the molecule is O=C(CCC1CC(O)C(=O)N1)OCc1ccccc1. The van der Waals surface area contributed by atoms with Crippen molar-refractivity contribution in [2.24, 2.45) is 0 Å². The molecule has 1 aliphatic heterocycles. The van der Waals surface area contributed by atoms with Gasteiger partial charge in [-0.15, -0.1) is 0 Å². The molecule has 1 aliphatic rings. The smallest absolute Gasteiger partial charge is 0.306 e. The second-order valence-electron chi connectivity index (χ2n) is 4.64. The Morgan fingerprint density at radius 1 is 1.37 bits per heavy atom. The number of esters is 1. The summed E-state index contributed by atoms with van der Waals surface area (Å²) in [4.78, 5) is 22.6. The third kappa shape index (κ3) is 4.06. The molecule has 1 aromatic carbocycles. The number of nitrogens with one attached hydrogen (secondary N) is 1. The molecule has 2 unspecified atom stereocenters. The number of carbonyl (C=O) groups excluding carboxylic acids is 2. The molecule has 1 aromatic rings. The average Bonchev–Trinajstić information content (AvgIpc) is 2.74. The lowest BCUT2D eigenvalue weighted by atomic mass is 10.1. The van der Waals surface area contributed by atoms with Gasteiger partial charge < -0.3 is 15.2 Å². The summed E-state index contributed by atoms with van der Waals surface area (Å²) in [6.45, 7) is 0.263. The maximum Gasteiger partial charge on any atom is 0.306 e. The summed E-state index contributed by atoms with van der Waals surface area (Å²) in [6.07, 6.45) is 0.163. The zero-order valence-electron chi connectivity index (χ0n) is 10.5. The molecule has 0 radical (unpaired) electrons. The molecule has 1 heterocycles. The summed E-state index contributed by atoms with van der Waals surface area (Å²) in [6, 6.07) is 9.32. The molecule has 0 spiro atoms. The second kappa shape index (κ2) is 6.33. The lowest BCUT2D eigenvalue weighted by Gasteiger charge is -2.09. The summed E-state index contributed by atoms with van der Waals surface area (Å²) < 4.78 is 5.13. The van der Waals surface area contributed by atoms with Crippen molar-refractivity contribution < 1.29 is 19.4 Å². The summed E-state index contributed by atoms with van der Waals surface area (Å²) in [5, 5.41) is 11.9. The van der Waals surface area contributed by atoms with E-state index in [1.165, 1.54) is 0 Å². The minimum atomic E-state index is -0.940. The zero-order chi connectivity index (χ0) is 13.7. The van der Waals surface area contributed by atoms with Gasteiger partial charge in [0.1, 0.15) is 12.7 Å². The third-order valence-corrected chi connectivity index (χ3v) is 3.10. The number of hydrogen-bond acceptors (Lipinski definition) is 4. The Bertz CT molecular complexity index is 446. The predicted octanol–water partition coefficient (Wildman–Crippen LogP) is 0.759. The van der Waals surface area contributed by atoms with E-state index in [2.05, 4.69) is 5.32 Å². The third-order valence-electron chi connectivity index (χ3n) is 3.10.